The molecule has 0 aliphatic heterocycles. The first-order valence-electron chi connectivity index (χ1n) is 7.40. The molecule has 5 heteroatoms. The summed E-state index contributed by atoms with van der Waals surface area (Å²) in [5, 5.41) is 4.71. The second kappa shape index (κ2) is 6.23. The summed E-state index contributed by atoms with van der Waals surface area (Å²) in [7, 11) is 0. The molecule has 0 unspecified atom stereocenters. The predicted octanol–water partition coefficient (Wildman–Crippen LogP) is 5.04. The molecular formula is C17H18ClN3S. The lowest BCUT2D eigenvalue weighted by atomic mass is 9.97. The lowest BCUT2D eigenvalue weighted by Crippen LogP contribution is -2.01. The Morgan fingerprint density at radius 1 is 1.14 bits per heavy atom. The highest BCUT2D eigenvalue weighted by Gasteiger charge is 2.19. The highest BCUT2D eigenvalue weighted by molar-refractivity contribution is 7.19. The number of hydrogen-bond acceptors (Lipinski definition) is 4. The van der Waals surface area contributed by atoms with E-state index in [0.29, 0.717) is 0 Å². The average Bonchev–Trinajstić information content (AvgIpc) is 2.87. The molecule has 0 fully saturated rings. The summed E-state index contributed by atoms with van der Waals surface area (Å²) in [6, 6.07) is 8.40. The number of benzene rings is 1. The zero-order chi connectivity index (χ0) is 14.2. The lowest BCUT2D eigenvalue weighted by Gasteiger charge is -2.12. The van der Waals surface area contributed by atoms with Gasteiger partial charge in [0.2, 0.25) is 0 Å². The van der Waals surface area contributed by atoms with E-state index in [-0.39, 0.29) is 12.4 Å². The van der Waals surface area contributed by atoms with Crippen LogP contribution in [0, 0.1) is 6.92 Å². The van der Waals surface area contributed by atoms with Gasteiger partial charge in [0.15, 0.2) is 0 Å². The molecule has 0 atom stereocenters. The third-order valence-corrected chi connectivity index (χ3v) is 5.23. The van der Waals surface area contributed by atoms with Gasteiger partial charge in [0, 0.05) is 10.6 Å². The van der Waals surface area contributed by atoms with Gasteiger partial charge in [-0.15, -0.1) is 23.7 Å². The molecular weight excluding hydrogens is 314 g/mol. The van der Waals surface area contributed by atoms with Crippen LogP contribution in [0.1, 0.15) is 28.8 Å². The van der Waals surface area contributed by atoms with E-state index >= 15 is 0 Å². The monoisotopic (exact) mass is 331 g/mol. The van der Waals surface area contributed by atoms with Crippen molar-refractivity contribution >= 4 is 45.5 Å². The number of aromatic nitrogens is 2. The van der Waals surface area contributed by atoms with E-state index in [1.54, 1.807) is 6.33 Å². The van der Waals surface area contributed by atoms with E-state index in [4.69, 9.17) is 0 Å². The zero-order valence-corrected chi connectivity index (χ0v) is 14.1. The summed E-state index contributed by atoms with van der Waals surface area (Å²) in [4.78, 5) is 11.6. The molecule has 22 heavy (non-hydrogen) atoms. The second-order valence-corrected chi connectivity index (χ2v) is 6.69. The van der Waals surface area contributed by atoms with Crippen molar-refractivity contribution in [2.45, 2.75) is 32.6 Å². The van der Waals surface area contributed by atoms with Gasteiger partial charge in [-0.05, 0) is 55.9 Å². The molecule has 1 aliphatic rings. The Bertz CT molecular complexity index is 813. The van der Waals surface area contributed by atoms with Crippen molar-refractivity contribution in [3.8, 4) is 0 Å². The van der Waals surface area contributed by atoms with Crippen LogP contribution in [-0.2, 0) is 12.8 Å². The maximum Gasteiger partial charge on any atom is 0.142 e. The smallest absolute Gasteiger partial charge is 0.142 e. The van der Waals surface area contributed by atoms with Crippen molar-refractivity contribution in [3.63, 3.8) is 0 Å². The third kappa shape index (κ3) is 2.69. The van der Waals surface area contributed by atoms with Crippen LogP contribution in [0.25, 0.3) is 10.2 Å². The molecule has 3 aromatic rings. The van der Waals surface area contributed by atoms with E-state index in [2.05, 4.69) is 46.5 Å². The van der Waals surface area contributed by atoms with Crippen LogP contribution in [0.4, 0.5) is 11.5 Å². The fraction of sp³-hybridized carbons (Fsp3) is 0.294. The van der Waals surface area contributed by atoms with Gasteiger partial charge in [0.25, 0.3) is 0 Å². The molecule has 114 valence electrons. The summed E-state index contributed by atoms with van der Waals surface area (Å²) >= 11 is 1.84. The number of rotatable bonds is 2. The van der Waals surface area contributed by atoms with Gasteiger partial charge < -0.3 is 5.32 Å². The Morgan fingerprint density at radius 3 is 2.86 bits per heavy atom. The van der Waals surface area contributed by atoms with Crippen LogP contribution in [-0.4, -0.2) is 9.97 Å². The molecule has 0 bridgehead atoms. The molecule has 1 aromatic carbocycles. The summed E-state index contributed by atoms with van der Waals surface area (Å²) in [5.41, 5.74) is 3.81. The molecule has 3 nitrogen and oxygen atoms in total. The van der Waals surface area contributed by atoms with Gasteiger partial charge in [0.1, 0.15) is 17.0 Å². The number of fused-ring (bicyclic) bond motifs is 3. The Balaban J connectivity index is 0.00000144. The molecule has 1 aliphatic carbocycles. The minimum atomic E-state index is 0. The largest absolute Gasteiger partial charge is 0.340 e. The van der Waals surface area contributed by atoms with Gasteiger partial charge >= 0.3 is 0 Å². The Kier molecular flexibility index (Phi) is 4.32. The predicted molar refractivity (Wildman–Crippen MR) is 95.8 cm³/mol. The molecule has 0 saturated carbocycles. The highest BCUT2D eigenvalue weighted by atomic mass is 35.5. The number of nitrogens with one attached hydrogen (secondary N) is 1. The van der Waals surface area contributed by atoms with Crippen molar-refractivity contribution in [1.82, 2.24) is 9.97 Å². The van der Waals surface area contributed by atoms with E-state index in [0.717, 1.165) is 22.8 Å². The SMILES string of the molecule is Cc1cccc(Nc2ncnc3sc4c(c23)CCCC4)c1.Cl. The number of halogens is 1. The maximum atomic E-state index is 4.50. The van der Waals surface area contributed by atoms with Gasteiger partial charge in [-0.2, -0.15) is 0 Å². The standard InChI is InChI=1S/C17H17N3S.ClH/c1-11-5-4-6-12(9-11)20-16-15-13-7-2-3-8-14(13)21-17(15)19-10-18-16;/h4-6,9-10H,2-3,7-8H2,1H3,(H,18,19,20);1H. The van der Waals surface area contributed by atoms with Crippen molar-refractivity contribution in [2.24, 2.45) is 0 Å². The van der Waals surface area contributed by atoms with Crippen molar-refractivity contribution in [2.75, 3.05) is 5.32 Å². The minimum absolute atomic E-state index is 0. The Hall–Kier alpha value is -1.65. The molecule has 0 spiro atoms. The first-order chi connectivity index (χ1) is 10.3. The summed E-state index contributed by atoms with van der Waals surface area (Å²) in [6.45, 7) is 2.10. The molecule has 0 radical (unpaired) electrons. The van der Waals surface area contributed by atoms with E-state index < -0.39 is 0 Å². The number of thiophene rings is 1. The van der Waals surface area contributed by atoms with Crippen LogP contribution in [0.15, 0.2) is 30.6 Å². The van der Waals surface area contributed by atoms with Gasteiger partial charge in [0.05, 0.1) is 5.39 Å². The van der Waals surface area contributed by atoms with Crippen LogP contribution in [0.3, 0.4) is 0 Å². The van der Waals surface area contributed by atoms with Crippen molar-refractivity contribution in [3.05, 3.63) is 46.6 Å². The zero-order valence-electron chi connectivity index (χ0n) is 12.4. The molecule has 0 amide bonds. The van der Waals surface area contributed by atoms with Crippen LogP contribution >= 0.6 is 23.7 Å². The minimum Gasteiger partial charge on any atom is -0.340 e. The first-order valence-corrected chi connectivity index (χ1v) is 8.22. The Morgan fingerprint density at radius 2 is 2.00 bits per heavy atom. The van der Waals surface area contributed by atoms with Crippen molar-refractivity contribution in [1.29, 1.82) is 0 Å². The molecule has 2 heterocycles. The second-order valence-electron chi connectivity index (χ2n) is 5.61. The number of nitrogens with zero attached hydrogens (tertiary/aromatic N) is 2. The van der Waals surface area contributed by atoms with E-state index in [9.17, 15) is 0 Å². The fourth-order valence-corrected chi connectivity index (χ4v) is 4.27. The van der Waals surface area contributed by atoms with Crippen LogP contribution in [0.5, 0.6) is 0 Å². The molecule has 2 aromatic heterocycles. The number of hydrogen-bond donors (Lipinski definition) is 1. The van der Waals surface area contributed by atoms with Crippen molar-refractivity contribution < 1.29 is 0 Å². The number of anilines is 2. The average molecular weight is 332 g/mol. The van der Waals surface area contributed by atoms with Crippen LogP contribution < -0.4 is 5.32 Å². The van der Waals surface area contributed by atoms with E-state index in [1.807, 2.05) is 11.3 Å². The van der Waals surface area contributed by atoms with Gasteiger partial charge in [-0.25, -0.2) is 9.97 Å². The quantitative estimate of drug-likeness (QED) is 0.714. The first kappa shape index (κ1) is 15.3. The maximum absolute atomic E-state index is 4.50. The lowest BCUT2D eigenvalue weighted by molar-refractivity contribution is 0.700. The Labute approximate surface area is 140 Å². The van der Waals surface area contributed by atoms with Gasteiger partial charge in [-0.1, -0.05) is 12.1 Å². The molecule has 4 rings (SSSR count). The number of aryl methyl sites for hydroxylation is 3. The van der Waals surface area contributed by atoms with Crippen LogP contribution in [0.2, 0.25) is 0 Å². The van der Waals surface area contributed by atoms with E-state index in [1.165, 1.54) is 40.7 Å². The highest BCUT2D eigenvalue weighted by Crippen LogP contribution is 2.38. The molecule has 1 N–H and O–H groups in total. The summed E-state index contributed by atoms with van der Waals surface area (Å²) in [5.74, 6) is 0.949. The topological polar surface area (TPSA) is 37.8 Å². The summed E-state index contributed by atoms with van der Waals surface area (Å²) in [6.07, 6.45) is 6.60. The third-order valence-electron chi connectivity index (χ3n) is 4.03. The molecule has 0 saturated heterocycles. The normalized spacial score (nSPS) is 13.5. The van der Waals surface area contributed by atoms with Gasteiger partial charge in [-0.3, -0.25) is 0 Å². The fourth-order valence-electron chi connectivity index (χ4n) is 3.04. The summed E-state index contributed by atoms with van der Waals surface area (Å²) < 4.78 is 0.